The quantitative estimate of drug-likeness (QED) is 0.221. The van der Waals surface area contributed by atoms with Crippen molar-refractivity contribution in [1.29, 1.82) is 0 Å². The van der Waals surface area contributed by atoms with Crippen LogP contribution in [0.3, 0.4) is 0 Å². The highest BCUT2D eigenvalue weighted by molar-refractivity contribution is 6.13. The minimum Gasteiger partial charge on any atom is -0.508 e. The molecule has 0 radical (unpaired) electrons. The van der Waals surface area contributed by atoms with E-state index in [4.69, 9.17) is 9.84 Å². The Kier molecular flexibility index (Phi) is 8.01. The van der Waals surface area contributed by atoms with Gasteiger partial charge in [-0.1, -0.05) is 65.7 Å². The van der Waals surface area contributed by atoms with Crippen LogP contribution >= 0.6 is 0 Å². The number of allylic oxidation sites excluding steroid dienone is 2. The summed E-state index contributed by atoms with van der Waals surface area (Å²) in [4.78, 5) is 70.0. The number of carboxylic acids is 1. The van der Waals surface area contributed by atoms with Crippen LogP contribution in [-0.2, 0) is 29.4 Å². The highest BCUT2D eigenvalue weighted by atomic mass is 16.5. The average molecular weight is 664 g/mol. The topological polar surface area (TPSA) is 154 Å². The van der Waals surface area contributed by atoms with Gasteiger partial charge < -0.3 is 14.9 Å². The molecule has 3 fully saturated rings. The first kappa shape index (κ1) is 32.1. The lowest BCUT2D eigenvalue weighted by Gasteiger charge is -2.50. The number of phenols is 1. The number of rotatable bonds is 9. The van der Waals surface area contributed by atoms with E-state index >= 15 is 4.79 Å². The molecular weight excluding hydrogens is 626 g/mol. The summed E-state index contributed by atoms with van der Waals surface area (Å²) >= 11 is 0. The fraction of sp³-hybridized carbons (Fsp3) is 0.342. The number of hydrogen-bond donors (Lipinski definition) is 3. The monoisotopic (exact) mass is 663 g/mol. The van der Waals surface area contributed by atoms with Crippen LogP contribution in [0.1, 0.15) is 48.3 Å². The summed E-state index contributed by atoms with van der Waals surface area (Å²) in [5.74, 6) is -6.12. The minimum absolute atomic E-state index is 0.00270. The predicted octanol–water partition coefficient (Wildman–Crippen LogP) is 4.56. The summed E-state index contributed by atoms with van der Waals surface area (Å²) in [6, 6.07) is 21.2. The van der Waals surface area contributed by atoms with Crippen LogP contribution in [0.25, 0.3) is 0 Å². The number of likely N-dealkylation sites (tertiary alicyclic amines) is 1. The maximum Gasteiger partial charge on any atom is 0.303 e. The number of ether oxygens (including phenoxy) is 1. The van der Waals surface area contributed by atoms with Crippen LogP contribution in [0.4, 0.5) is 5.69 Å². The Bertz CT molecular complexity index is 1890. The average Bonchev–Trinajstić information content (AvgIpc) is 3.46. The molecule has 6 unspecified atom stereocenters. The second kappa shape index (κ2) is 12.2. The number of benzene rings is 3. The molecule has 252 valence electrons. The summed E-state index contributed by atoms with van der Waals surface area (Å²) in [5, 5.41) is 20.7. The van der Waals surface area contributed by atoms with Gasteiger partial charge in [-0.2, -0.15) is 5.01 Å². The third-order valence-electron chi connectivity index (χ3n) is 10.8. The Morgan fingerprint density at radius 2 is 1.69 bits per heavy atom. The lowest BCUT2D eigenvalue weighted by molar-refractivity contribution is -0.142. The van der Waals surface area contributed by atoms with Crippen LogP contribution in [-0.4, -0.2) is 63.4 Å². The molecule has 0 aromatic heterocycles. The first-order valence-corrected chi connectivity index (χ1v) is 16.5. The fourth-order valence-corrected chi connectivity index (χ4v) is 8.70. The van der Waals surface area contributed by atoms with Gasteiger partial charge >= 0.3 is 5.97 Å². The van der Waals surface area contributed by atoms with Gasteiger partial charge in [-0.25, -0.2) is 0 Å². The number of carboxylic acid groups (broad SMARTS) is 1. The standard InChI is InChI=1S/C38H37N3O8/c1-21-10-12-23(13-11-21)39-41-35(46)29-20-28-25(16-17-27-32(28)36(47)40(34(27)45)18-6-9-31(43)44)33(26-15-14-24(42)19-30(26)49-2)38(29,37(41)48)22-7-4-3-5-8-22/h3-5,7-8,10-16,19,27-29,32-33,39,42H,6,9,17-18,20H2,1-2H3,(H,43,44). The summed E-state index contributed by atoms with van der Waals surface area (Å²) in [5.41, 5.74) is 5.12. The number of methoxy groups -OCH3 is 1. The number of aliphatic carboxylic acids is 1. The number of imide groups is 2. The van der Waals surface area contributed by atoms with Crippen LogP contribution in [0.15, 0.2) is 84.4 Å². The second-order valence-electron chi connectivity index (χ2n) is 13.3. The van der Waals surface area contributed by atoms with E-state index < -0.39 is 52.8 Å². The van der Waals surface area contributed by atoms with Gasteiger partial charge in [0.25, 0.3) is 11.8 Å². The van der Waals surface area contributed by atoms with E-state index in [1.807, 2.05) is 55.5 Å². The number of fused-ring (bicyclic) bond motifs is 4. The van der Waals surface area contributed by atoms with Crippen LogP contribution < -0.4 is 10.2 Å². The van der Waals surface area contributed by atoms with E-state index in [1.165, 1.54) is 24.1 Å². The van der Waals surface area contributed by atoms with E-state index in [-0.39, 0.29) is 49.8 Å². The van der Waals surface area contributed by atoms with Crippen molar-refractivity contribution >= 4 is 35.3 Å². The zero-order valence-corrected chi connectivity index (χ0v) is 27.2. The Morgan fingerprint density at radius 3 is 2.39 bits per heavy atom. The van der Waals surface area contributed by atoms with Gasteiger partial charge in [-0.05, 0) is 55.9 Å². The van der Waals surface area contributed by atoms with E-state index in [9.17, 15) is 24.3 Å². The smallest absolute Gasteiger partial charge is 0.303 e. The molecule has 2 heterocycles. The Labute approximate surface area is 283 Å². The Balaban J connectivity index is 1.41. The summed E-state index contributed by atoms with van der Waals surface area (Å²) < 4.78 is 5.80. The van der Waals surface area contributed by atoms with Crippen molar-refractivity contribution in [3.05, 3.63) is 101 Å². The molecule has 49 heavy (non-hydrogen) atoms. The number of aromatic hydroxyl groups is 1. The normalized spacial score (nSPS) is 27.4. The van der Waals surface area contributed by atoms with E-state index in [2.05, 4.69) is 5.43 Å². The van der Waals surface area contributed by atoms with Crippen LogP contribution in [0.2, 0.25) is 0 Å². The number of carbonyl (C=O) groups excluding carboxylic acids is 4. The molecule has 11 heteroatoms. The van der Waals surface area contributed by atoms with Crippen molar-refractivity contribution in [2.45, 2.75) is 43.9 Å². The molecule has 2 aliphatic carbocycles. The second-order valence-corrected chi connectivity index (χ2v) is 13.3. The van der Waals surface area contributed by atoms with E-state index in [0.717, 1.165) is 16.1 Å². The molecule has 4 amide bonds. The maximum absolute atomic E-state index is 15.2. The third kappa shape index (κ3) is 4.98. The van der Waals surface area contributed by atoms with Gasteiger partial charge in [0.15, 0.2) is 0 Å². The van der Waals surface area contributed by atoms with Crippen LogP contribution in [0.5, 0.6) is 11.5 Å². The number of carbonyl (C=O) groups is 5. The molecule has 0 bridgehead atoms. The zero-order valence-electron chi connectivity index (χ0n) is 27.2. The number of nitrogens with zero attached hydrogens (tertiary/aromatic N) is 2. The number of amides is 4. The number of anilines is 1. The third-order valence-corrected chi connectivity index (χ3v) is 10.8. The molecule has 11 nitrogen and oxygen atoms in total. The van der Waals surface area contributed by atoms with Crippen molar-refractivity contribution in [1.82, 2.24) is 9.91 Å². The highest BCUT2D eigenvalue weighted by Crippen LogP contribution is 2.65. The van der Waals surface area contributed by atoms with Gasteiger partial charge in [0.1, 0.15) is 11.5 Å². The van der Waals surface area contributed by atoms with Crippen molar-refractivity contribution in [2.75, 3.05) is 19.1 Å². The number of aryl methyl sites for hydroxylation is 1. The van der Waals surface area contributed by atoms with Crippen molar-refractivity contribution in [3.8, 4) is 11.5 Å². The molecule has 1 saturated carbocycles. The Hall–Kier alpha value is -5.45. The summed E-state index contributed by atoms with van der Waals surface area (Å²) in [6.45, 7) is 1.94. The largest absolute Gasteiger partial charge is 0.508 e. The maximum atomic E-state index is 15.2. The molecule has 3 aromatic carbocycles. The van der Waals surface area contributed by atoms with Gasteiger partial charge in [-0.15, -0.1) is 0 Å². The Morgan fingerprint density at radius 1 is 0.959 bits per heavy atom. The van der Waals surface area contributed by atoms with E-state index in [0.29, 0.717) is 22.6 Å². The molecule has 2 aliphatic heterocycles. The molecule has 2 saturated heterocycles. The van der Waals surface area contributed by atoms with Crippen molar-refractivity contribution in [3.63, 3.8) is 0 Å². The lowest BCUT2D eigenvalue weighted by Crippen LogP contribution is -2.53. The number of hydrazine groups is 1. The number of phenolic OH excluding ortho intramolecular Hbond substituents is 1. The van der Waals surface area contributed by atoms with Gasteiger partial charge in [0, 0.05) is 30.5 Å². The molecule has 3 N–H and O–H groups in total. The summed E-state index contributed by atoms with van der Waals surface area (Å²) in [7, 11) is 1.47. The SMILES string of the molecule is COc1cc(O)ccc1C1C2=CCC3C(=O)N(CCCC(=O)O)C(=O)C3C2CC2C(=O)N(Nc3ccc(C)cc3)C(=O)C21c1ccccc1. The molecular formula is C38H37N3O8. The first-order valence-electron chi connectivity index (χ1n) is 16.5. The van der Waals surface area contributed by atoms with E-state index in [1.54, 1.807) is 18.2 Å². The van der Waals surface area contributed by atoms with Gasteiger partial charge in [0.2, 0.25) is 11.8 Å². The summed E-state index contributed by atoms with van der Waals surface area (Å²) in [6.07, 6.45) is 2.29. The predicted molar refractivity (Wildman–Crippen MR) is 177 cm³/mol. The molecule has 6 atom stereocenters. The lowest BCUT2D eigenvalue weighted by atomic mass is 9.49. The molecule has 0 spiro atoms. The van der Waals surface area contributed by atoms with Gasteiger partial charge in [0.05, 0.1) is 36.0 Å². The number of nitrogens with one attached hydrogen (secondary N) is 1. The zero-order chi connectivity index (χ0) is 34.6. The van der Waals surface area contributed by atoms with Crippen LogP contribution in [0, 0.1) is 30.6 Å². The van der Waals surface area contributed by atoms with Crippen molar-refractivity contribution < 1.29 is 38.9 Å². The first-order chi connectivity index (χ1) is 23.6. The molecule has 7 rings (SSSR count). The highest BCUT2D eigenvalue weighted by Gasteiger charge is 2.70. The van der Waals surface area contributed by atoms with Gasteiger partial charge in [-0.3, -0.25) is 34.3 Å². The molecule has 3 aromatic rings. The molecule has 4 aliphatic rings. The fourth-order valence-electron chi connectivity index (χ4n) is 8.70. The number of hydrogen-bond acceptors (Lipinski definition) is 8. The minimum atomic E-state index is -1.47. The van der Waals surface area contributed by atoms with Crippen molar-refractivity contribution in [2.24, 2.45) is 23.7 Å².